The van der Waals surface area contributed by atoms with Crippen LogP contribution in [0.15, 0.2) is 24.3 Å². The zero-order valence-corrected chi connectivity index (χ0v) is 17.2. The van der Waals surface area contributed by atoms with Crippen molar-refractivity contribution in [3.8, 4) is 0 Å². The average Bonchev–Trinajstić information content (AvgIpc) is 3.14. The van der Waals surface area contributed by atoms with E-state index in [0.29, 0.717) is 12.0 Å². The summed E-state index contributed by atoms with van der Waals surface area (Å²) in [5, 5.41) is 4.73. The molecule has 0 radical (unpaired) electrons. The number of benzene rings is 1. The lowest BCUT2D eigenvalue weighted by atomic mass is 9.54. The second-order valence-electron chi connectivity index (χ2n) is 9.69. The Bertz CT molecular complexity index is 824. The number of fused-ring (bicyclic) bond motifs is 1. The van der Waals surface area contributed by atoms with Gasteiger partial charge in [0.05, 0.1) is 15.2 Å². The number of para-hydroxylation sites is 1. The Balaban J connectivity index is 1.08. The van der Waals surface area contributed by atoms with Gasteiger partial charge < -0.3 is 10.2 Å². The van der Waals surface area contributed by atoms with Gasteiger partial charge in [-0.25, -0.2) is 9.78 Å². The first-order valence-corrected chi connectivity index (χ1v) is 12.0. The first kappa shape index (κ1) is 17.3. The molecule has 5 fully saturated rings. The van der Waals surface area contributed by atoms with Crippen molar-refractivity contribution in [2.75, 3.05) is 13.1 Å². The zero-order valence-electron chi connectivity index (χ0n) is 16.3. The molecule has 0 atom stereocenters. The number of nitrogens with one attached hydrogen (secondary N) is 1. The third-order valence-corrected chi connectivity index (χ3v) is 9.16. The fourth-order valence-corrected chi connectivity index (χ4v) is 7.93. The van der Waals surface area contributed by atoms with Crippen LogP contribution in [0.1, 0.15) is 55.9 Å². The Morgan fingerprint density at radius 3 is 2.36 bits per heavy atom. The van der Waals surface area contributed by atoms with E-state index in [1.165, 1.54) is 41.8 Å². The summed E-state index contributed by atoms with van der Waals surface area (Å²) in [4.78, 5) is 19.9. The maximum absolute atomic E-state index is 13.0. The zero-order chi connectivity index (χ0) is 18.7. The second-order valence-corrected chi connectivity index (χ2v) is 10.7. The van der Waals surface area contributed by atoms with Gasteiger partial charge in [-0.05, 0) is 80.8 Å². The molecule has 2 heterocycles. The second kappa shape index (κ2) is 6.72. The van der Waals surface area contributed by atoms with E-state index in [4.69, 9.17) is 4.98 Å². The lowest BCUT2D eigenvalue weighted by Gasteiger charge is -2.54. The number of amides is 2. The van der Waals surface area contributed by atoms with Gasteiger partial charge in [0.2, 0.25) is 0 Å². The Hall–Kier alpha value is -1.62. The van der Waals surface area contributed by atoms with Crippen LogP contribution in [0.25, 0.3) is 10.2 Å². The molecular formula is C23H29N3OS. The lowest BCUT2D eigenvalue weighted by Crippen LogP contribution is -2.58. The summed E-state index contributed by atoms with van der Waals surface area (Å²) >= 11 is 1.83. The first-order chi connectivity index (χ1) is 13.7. The van der Waals surface area contributed by atoms with Crippen molar-refractivity contribution in [2.24, 2.45) is 23.7 Å². The van der Waals surface area contributed by atoms with Crippen LogP contribution in [0.4, 0.5) is 4.79 Å². The standard InChI is InChI=1S/C23H29N3OS/c27-23(25-21-17-10-14-9-15(12-17)13-18(21)11-14)26-7-5-16(6-8-26)22-24-19-3-1-2-4-20(19)28-22/h1-4,14-18,21H,5-13H2,(H,25,27). The van der Waals surface area contributed by atoms with Gasteiger partial charge in [-0.3, -0.25) is 0 Å². The summed E-state index contributed by atoms with van der Waals surface area (Å²) in [5.74, 6) is 3.92. The van der Waals surface area contributed by atoms with Crippen molar-refractivity contribution in [3.05, 3.63) is 29.3 Å². The molecule has 2 amide bonds. The molecule has 4 saturated carbocycles. The quantitative estimate of drug-likeness (QED) is 0.777. The van der Waals surface area contributed by atoms with Crippen molar-refractivity contribution >= 4 is 27.6 Å². The van der Waals surface area contributed by atoms with Crippen molar-refractivity contribution in [1.82, 2.24) is 15.2 Å². The molecular weight excluding hydrogens is 366 g/mol. The number of aromatic nitrogens is 1. The Morgan fingerprint density at radius 1 is 1.00 bits per heavy atom. The highest BCUT2D eigenvalue weighted by molar-refractivity contribution is 7.18. The summed E-state index contributed by atoms with van der Waals surface area (Å²) in [6, 6.07) is 9.04. The molecule has 4 bridgehead atoms. The molecule has 4 nitrogen and oxygen atoms in total. The number of thiazole rings is 1. The van der Waals surface area contributed by atoms with Gasteiger partial charge in [0.25, 0.3) is 0 Å². The number of carbonyl (C=O) groups excluding carboxylic acids is 1. The number of hydrogen-bond acceptors (Lipinski definition) is 3. The fourth-order valence-electron chi connectivity index (χ4n) is 6.79. The van der Waals surface area contributed by atoms with Crippen molar-refractivity contribution in [3.63, 3.8) is 0 Å². The molecule has 4 aliphatic carbocycles. The first-order valence-electron chi connectivity index (χ1n) is 11.1. The smallest absolute Gasteiger partial charge is 0.317 e. The van der Waals surface area contributed by atoms with E-state index in [1.54, 1.807) is 0 Å². The van der Waals surface area contributed by atoms with E-state index in [-0.39, 0.29) is 6.03 Å². The topological polar surface area (TPSA) is 45.2 Å². The maximum Gasteiger partial charge on any atom is 0.317 e. The molecule has 7 rings (SSSR count). The number of urea groups is 1. The highest BCUT2D eigenvalue weighted by atomic mass is 32.1. The average molecular weight is 396 g/mol. The minimum absolute atomic E-state index is 0.195. The predicted molar refractivity (Wildman–Crippen MR) is 113 cm³/mol. The van der Waals surface area contributed by atoms with Crippen LogP contribution in [0.5, 0.6) is 0 Å². The van der Waals surface area contributed by atoms with Gasteiger partial charge in [0, 0.05) is 25.0 Å². The maximum atomic E-state index is 13.0. The number of hydrogen-bond donors (Lipinski definition) is 1. The molecule has 1 aromatic carbocycles. The van der Waals surface area contributed by atoms with Crippen molar-refractivity contribution < 1.29 is 4.79 Å². The van der Waals surface area contributed by atoms with Crippen LogP contribution < -0.4 is 5.32 Å². The summed E-state index contributed by atoms with van der Waals surface area (Å²) in [5.41, 5.74) is 1.12. The van der Waals surface area contributed by atoms with Crippen LogP contribution in [0.3, 0.4) is 0 Å². The van der Waals surface area contributed by atoms with Crippen molar-refractivity contribution in [2.45, 2.75) is 56.9 Å². The number of nitrogens with zero attached hydrogens (tertiary/aromatic N) is 2. The van der Waals surface area contributed by atoms with Gasteiger partial charge in [0.1, 0.15) is 0 Å². The summed E-state index contributed by atoms with van der Waals surface area (Å²) in [6.45, 7) is 1.72. The van der Waals surface area contributed by atoms with E-state index in [0.717, 1.165) is 55.1 Å². The van der Waals surface area contributed by atoms with Gasteiger partial charge >= 0.3 is 6.03 Å². The van der Waals surface area contributed by atoms with Gasteiger partial charge in [-0.1, -0.05) is 12.1 Å². The molecule has 2 aromatic rings. The van der Waals surface area contributed by atoms with Crippen LogP contribution >= 0.6 is 11.3 Å². The monoisotopic (exact) mass is 395 g/mol. The van der Waals surface area contributed by atoms with Crippen LogP contribution in [0, 0.1) is 23.7 Å². The van der Waals surface area contributed by atoms with Gasteiger partial charge in [-0.2, -0.15) is 0 Å². The third-order valence-electron chi connectivity index (χ3n) is 7.96. The van der Waals surface area contributed by atoms with Crippen LogP contribution in [0.2, 0.25) is 0 Å². The van der Waals surface area contributed by atoms with Crippen LogP contribution in [-0.4, -0.2) is 35.0 Å². The van der Waals surface area contributed by atoms with E-state index in [1.807, 2.05) is 11.3 Å². The Kier molecular flexibility index (Phi) is 4.14. The molecule has 1 saturated heterocycles. The normalized spacial score (nSPS) is 34.9. The van der Waals surface area contributed by atoms with Crippen molar-refractivity contribution in [1.29, 1.82) is 0 Å². The molecule has 5 aliphatic rings. The molecule has 28 heavy (non-hydrogen) atoms. The number of piperidine rings is 1. The van der Waals surface area contributed by atoms with E-state index < -0.39 is 0 Å². The van der Waals surface area contributed by atoms with Crippen LogP contribution in [-0.2, 0) is 0 Å². The van der Waals surface area contributed by atoms with E-state index in [2.05, 4.69) is 34.5 Å². The minimum atomic E-state index is 0.195. The molecule has 1 N–H and O–H groups in total. The van der Waals surface area contributed by atoms with Gasteiger partial charge in [0.15, 0.2) is 0 Å². The SMILES string of the molecule is O=C(NC1C2CC3CC(C2)CC1C3)N1CCC(c2nc3ccccc3s2)CC1. The molecule has 148 valence electrons. The minimum Gasteiger partial charge on any atom is -0.335 e. The Morgan fingerprint density at radius 2 is 1.68 bits per heavy atom. The highest BCUT2D eigenvalue weighted by Gasteiger charge is 2.48. The highest BCUT2D eigenvalue weighted by Crippen LogP contribution is 2.53. The summed E-state index contributed by atoms with van der Waals surface area (Å²) < 4.78 is 1.28. The molecule has 1 aliphatic heterocycles. The summed E-state index contributed by atoms with van der Waals surface area (Å²) in [7, 11) is 0. The summed E-state index contributed by atoms with van der Waals surface area (Å²) in [6.07, 6.45) is 8.97. The molecule has 0 unspecified atom stereocenters. The molecule has 1 aromatic heterocycles. The predicted octanol–water partition coefficient (Wildman–Crippen LogP) is 5.01. The van der Waals surface area contributed by atoms with E-state index >= 15 is 0 Å². The third kappa shape index (κ3) is 2.94. The Labute approximate surface area is 170 Å². The number of carbonyl (C=O) groups is 1. The largest absolute Gasteiger partial charge is 0.335 e. The molecule has 0 spiro atoms. The number of rotatable bonds is 2. The fraction of sp³-hybridized carbons (Fsp3) is 0.652. The lowest BCUT2D eigenvalue weighted by molar-refractivity contribution is -0.0113. The van der Waals surface area contributed by atoms with E-state index in [9.17, 15) is 4.79 Å². The molecule has 5 heteroatoms. The van der Waals surface area contributed by atoms with Gasteiger partial charge in [-0.15, -0.1) is 11.3 Å². The number of likely N-dealkylation sites (tertiary alicyclic amines) is 1.